The number of piperidine rings is 1. The molecule has 0 unspecified atom stereocenters. The largest absolute Gasteiger partial charge is 0.489 e. The zero-order valence-corrected chi connectivity index (χ0v) is 12.5. The summed E-state index contributed by atoms with van der Waals surface area (Å²) in [6, 6.07) is 8.22. The molecule has 1 saturated heterocycles. The summed E-state index contributed by atoms with van der Waals surface area (Å²) in [5.41, 5.74) is 1.22. The molecule has 2 rings (SSSR count). The van der Waals surface area contributed by atoms with Crippen LogP contribution in [0.15, 0.2) is 36.9 Å². The zero-order chi connectivity index (χ0) is 14.2. The van der Waals surface area contributed by atoms with Gasteiger partial charge in [-0.3, -0.25) is 0 Å². The van der Waals surface area contributed by atoms with Crippen molar-refractivity contribution in [1.82, 2.24) is 10.2 Å². The van der Waals surface area contributed by atoms with E-state index in [-0.39, 0.29) is 0 Å². The Kier molecular flexibility index (Phi) is 6.09. The molecule has 1 aliphatic rings. The molecule has 3 heteroatoms. The molecule has 0 radical (unpaired) electrons. The molecule has 20 heavy (non-hydrogen) atoms. The van der Waals surface area contributed by atoms with Crippen LogP contribution in [0.4, 0.5) is 0 Å². The summed E-state index contributed by atoms with van der Waals surface area (Å²) in [6.45, 7) is 8.68. The van der Waals surface area contributed by atoms with Crippen molar-refractivity contribution in [2.75, 3.05) is 33.3 Å². The Hall–Kier alpha value is -1.32. The number of hydrogen-bond donors (Lipinski definition) is 1. The third kappa shape index (κ3) is 4.66. The Labute approximate surface area is 122 Å². The van der Waals surface area contributed by atoms with Gasteiger partial charge < -0.3 is 15.0 Å². The van der Waals surface area contributed by atoms with Gasteiger partial charge in [-0.25, -0.2) is 0 Å². The highest BCUT2D eigenvalue weighted by Crippen LogP contribution is 2.19. The Morgan fingerprint density at radius 3 is 2.85 bits per heavy atom. The average Bonchev–Trinajstić information content (AvgIpc) is 2.48. The van der Waals surface area contributed by atoms with Crippen LogP contribution >= 0.6 is 0 Å². The van der Waals surface area contributed by atoms with E-state index in [4.69, 9.17) is 4.74 Å². The van der Waals surface area contributed by atoms with Gasteiger partial charge in [0.15, 0.2) is 0 Å². The minimum absolute atomic E-state index is 0.561. The van der Waals surface area contributed by atoms with Gasteiger partial charge in [-0.2, -0.15) is 0 Å². The molecular weight excluding hydrogens is 248 g/mol. The standard InChI is InChI=1S/C17H26N2O/c1-3-12-20-17-7-5-4-6-16(17)14-18-13-15-8-10-19(2)11-9-15/h3-7,15,18H,1,8-14H2,2H3. The van der Waals surface area contributed by atoms with Crippen molar-refractivity contribution < 1.29 is 4.74 Å². The monoisotopic (exact) mass is 274 g/mol. The first kappa shape index (κ1) is 15.1. The van der Waals surface area contributed by atoms with Crippen molar-refractivity contribution in [3.8, 4) is 5.75 Å². The van der Waals surface area contributed by atoms with Crippen LogP contribution in [0.3, 0.4) is 0 Å². The maximum atomic E-state index is 5.68. The van der Waals surface area contributed by atoms with E-state index < -0.39 is 0 Å². The topological polar surface area (TPSA) is 24.5 Å². The smallest absolute Gasteiger partial charge is 0.124 e. The van der Waals surface area contributed by atoms with Crippen LogP contribution in [0.1, 0.15) is 18.4 Å². The first-order chi connectivity index (χ1) is 9.79. The van der Waals surface area contributed by atoms with Crippen molar-refractivity contribution in [3.63, 3.8) is 0 Å². The lowest BCUT2D eigenvalue weighted by Crippen LogP contribution is -2.34. The predicted molar refractivity (Wildman–Crippen MR) is 84.1 cm³/mol. The van der Waals surface area contributed by atoms with Gasteiger partial charge in [0.25, 0.3) is 0 Å². The van der Waals surface area contributed by atoms with Gasteiger partial charge in [0.1, 0.15) is 12.4 Å². The van der Waals surface area contributed by atoms with E-state index in [2.05, 4.69) is 36.0 Å². The third-order valence-electron chi connectivity index (χ3n) is 3.92. The van der Waals surface area contributed by atoms with Gasteiger partial charge in [-0.05, 0) is 51.5 Å². The van der Waals surface area contributed by atoms with Crippen molar-refractivity contribution in [3.05, 3.63) is 42.5 Å². The number of benzene rings is 1. The molecule has 1 aromatic rings. The maximum Gasteiger partial charge on any atom is 0.124 e. The number of nitrogens with zero attached hydrogens (tertiary/aromatic N) is 1. The summed E-state index contributed by atoms with van der Waals surface area (Å²) < 4.78 is 5.68. The highest BCUT2D eigenvalue weighted by Gasteiger charge is 2.16. The van der Waals surface area contributed by atoms with E-state index >= 15 is 0 Å². The maximum absolute atomic E-state index is 5.68. The molecule has 1 fully saturated rings. The van der Waals surface area contributed by atoms with E-state index in [0.29, 0.717) is 6.61 Å². The Morgan fingerprint density at radius 1 is 1.35 bits per heavy atom. The van der Waals surface area contributed by atoms with Gasteiger partial charge in [-0.15, -0.1) is 0 Å². The van der Waals surface area contributed by atoms with Crippen LogP contribution in [0, 0.1) is 5.92 Å². The van der Waals surface area contributed by atoms with E-state index in [1.165, 1.54) is 31.5 Å². The number of nitrogens with one attached hydrogen (secondary N) is 1. The fourth-order valence-corrected chi connectivity index (χ4v) is 2.62. The SMILES string of the molecule is C=CCOc1ccccc1CNCC1CCN(C)CC1. The highest BCUT2D eigenvalue weighted by molar-refractivity contribution is 5.33. The van der Waals surface area contributed by atoms with Crippen molar-refractivity contribution in [2.24, 2.45) is 5.92 Å². The fourth-order valence-electron chi connectivity index (χ4n) is 2.62. The van der Waals surface area contributed by atoms with Crippen LogP contribution in [-0.4, -0.2) is 38.2 Å². The molecule has 0 amide bonds. The van der Waals surface area contributed by atoms with Crippen molar-refractivity contribution in [2.45, 2.75) is 19.4 Å². The molecule has 1 N–H and O–H groups in total. The summed E-state index contributed by atoms with van der Waals surface area (Å²) in [7, 11) is 2.21. The molecule has 0 bridgehead atoms. The second-order valence-electron chi connectivity index (χ2n) is 5.58. The van der Waals surface area contributed by atoms with E-state index in [1.807, 2.05) is 12.1 Å². The van der Waals surface area contributed by atoms with Gasteiger partial charge in [-0.1, -0.05) is 30.9 Å². The zero-order valence-electron chi connectivity index (χ0n) is 12.5. The normalized spacial score (nSPS) is 17.1. The molecule has 3 nitrogen and oxygen atoms in total. The molecule has 0 spiro atoms. The third-order valence-corrected chi connectivity index (χ3v) is 3.92. The lowest BCUT2D eigenvalue weighted by Gasteiger charge is -2.29. The second-order valence-corrected chi connectivity index (χ2v) is 5.58. The second kappa shape index (κ2) is 8.08. The minimum atomic E-state index is 0.561. The molecule has 1 aliphatic heterocycles. The van der Waals surface area contributed by atoms with Gasteiger partial charge in [0.05, 0.1) is 0 Å². The van der Waals surface area contributed by atoms with Crippen LogP contribution in [-0.2, 0) is 6.54 Å². The Morgan fingerprint density at radius 2 is 2.10 bits per heavy atom. The minimum Gasteiger partial charge on any atom is -0.489 e. The first-order valence-corrected chi connectivity index (χ1v) is 7.50. The number of ether oxygens (including phenoxy) is 1. The lowest BCUT2D eigenvalue weighted by molar-refractivity contribution is 0.215. The highest BCUT2D eigenvalue weighted by atomic mass is 16.5. The van der Waals surface area contributed by atoms with E-state index in [0.717, 1.165) is 24.8 Å². The van der Waals surface area contributed by atoms with Crippen LogP contribution in [0.25, 0.3) is 0 Å². The van der Waals surface area contributed by atoms with E-state index in [9.17, 15) is 0 Å². The molecule has 0 aliphatic carbocycles. The van der Waals surface area contributed by atoms with Crippen LogP contribution in [0.2, 0.25) is 0 Å². The van der Waals surface area contributed by atoms with Crippen LogP contribution < -0.4 is 10.1 Å². The summed E-state index contributed by atoms with van der Waals surface area (Å²) in [6.07, 6.45) is 4.39. The first-order valence-electron chi connectivity index (χ1n) is 7.50. The summed E-state index contributed by atoms with van der Waals surface area (Å²) in [4.78, 5) is 2.41. The Balaban J connectivity index is 1.77. The average molecular weight is 274 g/mol. The number of rotatable bonds is 7. The van der Waals surface area contributed by atoms with Gasteiger partial charge in [0, 0.05) is 12.1 Å². The molecule has 0 atom stereocenters. The molecule has 0 saturated carbocycles. The summed E-state index contributed by atoms with van der Waals surface area (Å²) in [5.74, 6) is 1.77. The molecule has 1 aromatic carbocycles. The predicted octanol–water partition coefficient (Wildman–Crippen LogP) is 2.68. The van der Waals surface area contributed by atoms with Gasteiger partial charge >= 0.3 is 0 Å². The van der Waals surface area contributed by atoms with Crippen molar-refractivity contribution >= 4 is 0 Å². The number of hydrogen-bond acceptors (Lipinski definition) is 3. The molecule has 0 aromatic heterocycles. The van der Waals surface area contributed by atoms with Crippen LogP contribution in [0.5, 0.6) is 5.75 Å². The van der Waals surface area contributed by atoms with Gasteiger partial charge in [0.2, 0.25) is 0 Å². The summed E-state index contributed by atoms with van der Waals surface area (Å²) in [5, 5.41) is 3.58. The van der Waals surface area contributed by atoms with Crippen molar-refractivity contribution in [1.29, 1.82) is 0 Å². The fraction of sp³-hybridized carbons (Fsp3) is 0.529. The molecule has 1 heterocycles. The molecule has 110 valence electrons. The lowest BCUT2D eigenvalue weighted by atomic mass is 9.97. The van der Waals surface area contributed by atoms with E-state index in [1.54, 1.807) is 6.08 Å². The molecular formula is C17H26N2O. The number of para-hydroxylation sites is 1. The quantitative estimate of drug-likeness (QED) is 0.774. The Bertz CT molecular complexity index is 411. The number of likely N-dealkylation sites (tertiary alicyclic amines) is 1. The summed E-state index contributed by atoms with van der Waals surface area (Å²) >= 11 is 0.